The van der Waals surface area contributed by atoms with Crippen LogP contribution in [0.4, 0.5) is 18.9 Å². The van der Waals surface area contributed by atoms with Gasteiger partial charge < -0.3 is 15.8 Å². The van der Waals surface area contributed by atoms with Crippen molar-refractivity contribution in [2.75, 3.05) is 11.9 Å². The van der Waals surface area contributed by atoms with Gasteiger partial charge in [0.05, 0.1) is 0 Å². The lowest BCUT2D eigenvalue weighted by molar-refractivity contribution is -0.274. The van der Waals surface area contributed by atoms with E-state index in [0.717, 1.165) is 6.42 Å². The van der Waals surface area contributed by atoms with Crippen LogP contribution in [0.1, 0.15) is 26.7 Å². The van der Waals surface area contributed by atoms with Crippen molar-refractivity contribution in [2.24, 2.45) is 17.6 Å². The number of anilines is 1. The molecule has 0 aromatic heterocycles. The van der Waals surface area contributed by atoms with Crippen LogP contribution in [0.5, 0.6) is 5.75 Å². The van der Waals surface area contributed by atoms with Gasteiger partial charge in [0.25, 0.3) is 0 Å². The Morgan fingerprint density at radius 2 is 1.82 bits per heavy atom. The van der Waals surface area contributed by atoms with Crippen LogP contribution in [0.15, 0.2) is 24.3 Å². The lowest BCUT2D eigenvalue weighted by atomic mass is 9.87. The van der Waals surface area contributed by atoms with Gasteiger partial charge in [-0.25, -0.2) is 0 Å². The van der Waals surface area contributed by atoms with E-state index in [0.29, 0.717) is 18.7 Å². The number of ether oxygens (including phenoxy) is 1. The van der Waals surface area contributed by atoms with Gasteiger partial charge >= 0.3 is 6.36 Å². The molecule has 4 nitrogen and oxygen atoms in total. The molecule has 1 aromatic rings. The molecule has 0 aliphatic rings. The van der Waals surface area contributed by atoms with E-state index in [2.05, 4.69) is 10.1 Å². The summed E-state index contributed by atoms with van der Waals surface area (Å²) in [4.78, 5) is 11.4. The molecule has 3 N–H and O–H groups in total. The number of amides is 1. The van der Waals surface area contributed by atoms with E-state index in [4.69, 9.17) is 5.73 Å². The molecule has 1 rings (SSSR count). The van der Waals surface area contributed by atoms with E-state index in [1.165, 1.54) is 24.3 Å². The number of benzene rings is 1. The van der Waals surface area contributed by atoms with Crippen LogP contribution < -0.4 is 15.8 Å². The molecule has 1 aromatic carbocycles. The van der Waals surface area contributed by atoms with E-state index in [1.54, 1.807) is 0 Å². The minimum absolute atomic E-state index is 0.0774. The number of primary amides is 1. The van der Waals surface area contributed by atoms with Gasteiger partial charge in [0.2, 0.25) is 5.91 Å². The van der Waals surface area contributed by atoms with E-state index >= 15 is 0 Å². The first-order valence-electron chi connectivity index (χ1n) is 7.15. The second kappa shape index (κ2) is 7.91. The highest BCUT2D eigenvalue weighted by Crippen LogP contribution is 2.25. The molecule has 2 atom stereocenters. The number of halogens is 3. The molecule has 0 bridgehead atoms. The average molecular weight is 318 g/mol. The van der Waals surface area contributed by atoms with Gasteiger partial charge in [0.1, 0.15) is 5.75 Å². The maximum Gasteiger partial charge on any atom is 0.573 e. The van der Waals surface area contributed by atoms with Crippen molar-refractivity contribution in [3.05, 3.63) is 24.3 Å². The zero-order valence-corrected chi connectivity index (χ0v) is 12.6. The highest BCUT2D eigenvalue weighted by atomic mass is 19.4. The van der Waals surface area contributed by atoms with Crippen molar-refractivity contribution in [3.8, 4) is 5.75 Å². The molecule has 7 heteroatoms. The first kappa shape index (κ1) is 18.1. The Morgan fingerprint density at radius 3 is 2.23 bits per heavy atom. The summed E-state index contributed by atoms with van der Waals surface area (Å²) in [6, 6.07) is 5.47. The monoisotopic (exact) mass is 318 g/mol. The molecule has 0 aliphatic carbocycles. The highest BCUT2D eigenvalue weighted by Gasteiger charge is 2.31. The summed E-state index contributed by atoms with van der Waals surface area (Å²) in [7, 11) is 0. The van der Waals surface area contributed by atoms with E-state index in [1.807, 2.05) is 13.8 Å². The van der Waals surface area contributed by atoms with Gasteiger partial charge in [-0.3, -0.25) is 4.79 Å². The van der Waals surface area contributed by atoms with Crippen molar-refractivity contribution in [3.63, 3.8) is 0 Å². The molecule has 22 heavy (non-hydrogen) atoms. The molecule has 1 amide bonds. The van der Waals surface area contributed by atoms with Crippen molar-refractivity contribution in [1.29, 1.82) is 0 Å². The fourth-order valence-electron chi connectivity index (χ4n) is 2.36. The van der Waals surface area contributed by atoms with Crippen molar-refractivity contribution < 1.29 is 22.7 Å². The summed E-state index contributed by atoms with van der Waals surface area (Å²) in [5.41, 5.74) is 6.04. The smallest absolute Gasteiger partial charge is 0.406 e. The third-order valence-corrected chi connectivity index (χ3v) is 3.55. The van der Waals surface area contributed by atoms with E-state index < -0.39 is 6.36 Å². The number of nitrogens with two attached hydrogens (primary N) is 1. The second-order valence-electron chi connectivity index (χ2n) is 5.04. The van der Waals surface area contributed by atoms with Crippen LogP contribution >= 0.6 is 0 Å². The molecule has 0 spiro atoms. The summed E-state index contributed by atoms with van der Waals surface area (Å²) in [5.74, 6) is -0.738. The predicted molar refractivity (Wildman–Crippen MR) is 78.4 cm³/mol. The van der Waals surface area contributed by atoms with Crippen molar-refractivity contribution in [1.82, 2.24) is 0 Å². The number of carbonyl (C=O) groups excluding carboxylic acids is 1. The number of carbonyl (C=O) groups is 1. The van der Waals surface area contributed by atoms with Gasteiger partial charge in [-0.1, -0.05) is 20.3 Å². The minimum atomic E-state index is -4.70. The third kappa shape index (κ3) is 5.83. The zero-order chi connectivity index (χ0) is 16.8. The van der Waals surface area contributed by atoms with Gasteiger partial charge in [-0.2, -0.15) is 0 Å². The summed E-state index contributed by atoms with van der Waals surface area (Å²) in [6.07, 6.45) is -3.25. The second-order valence-corrected chi connectivity index (χ2v) is 5.04. The Balaban J connectivity index is 2.61. The van der Waals surface area contributed by atoms with Gasteiger partial charge in [-0.05, 0) is 36.6 Å². The van der Waals surface area contributed by atoms with Crippen LogP contribution in [0.25, 0.3) is 0 Å². The maximum atomic E-state index is 12.1. The number of hydrogen-bond acceptors (Lipinski definition) is 3. The van der Waals surface area contributed by atoms with Crippen molar-refractivity contribution >= 4 is 11.6 Å². The van der Waals surface area contributed by atoms with Crippen LogP contribution in [0.3, 0.4) is 0 Å². The van der Waals surface area contributed by atoms with Crippen LogP contribution in [0, 0.1) is 11.8 Å². The number of nitrogens with one attached hydrogen (secondary N) is 1. The SMILES string of the molecule is CCC(C(N)=O)[C@H](CC)CNc1ccc(OC(F)(F)F)cc1. The van der Waals surface area contributed by atoms with Crippen LogP contribution in [0.2, 0.25) is 0 Å². The molecule has 0 saturated heterocycles. The topological polar surface area (TPSA) is 64.4 Å². The van der Waals surface area contributed by atoms with Gasteiger partial charge in [0, 0.05) is 18.2 Å². The molecule has 0 aliphatic heterocycles. The Labute approximate surface area is 127 Å². The lowest BCUT2D eigenvalue weighted by Crippen LogP contribution is -2.33. The molecule has 0 heterocycles. The summed E-state index contributed by atoms with van der Waals surface area (Å²) in [5, 5.41) is 3.11. The molecular weight excluding hydrogens is 297 g/mol. The fourth-order valence-corrected chi connectivity index (χ4v) is 2.36. The minimum Gasteiger partial charge on any atom is -0.406 e. The van der Waals surface area contributed by atoms with Crippen molar-refractivity contribution in [2.45, 2.75) is 33.1 Å². The molecule has 124 valence electrons. The molecule has 0 radical (unpaired) electrons. The average Bonchev–Trinajstić information content (AvgIpc) is 2.42. The van der Waals surface area contributed by atoms with E-state index in [9.17, 15) is 18.0 Å². The summed E-state index contributed by atoms with van der Waals surface area (Å²) >= 11 is 0. The summed E-state index contributed by atoms with van der Waals surface area (Å²) < 4.78 is 40.0. The Bertz CT molecular complexity index is 475. The molecule has 1 unspecified atom stereocenters. The number of rotatable bonds is 8. The molecule has 0 fully saturated rings. The quantitative estimate of drug-likeness (QED) is 0.770. The largest absolute Gasteiger partial charge is 0.573 e. The van der Waals surface area contributed by atoms with Gasteiger partial charge in [-0.15, -0.1) is 13.2 Å². The van der Waals surface area contributed by atoms with Crippen LogP contribution in [-0.2, 0) is 4.79 Å². The predicted octanol–water partition coefficient (Wildman–Crippen LogP) is 3.53. The Kier molecular flexibility index (Phi) is 6.52. The Hall–Kier alpha value is -1.92. The molecular formula is C15H21F3N2O2. The van der Waals surface area contributed by atoms with Gasteiger partial charge in [0.15, 0.2) is 0 Å². The normalized spacial score (nSPS) is 14.2. The standard InChI is InChI=1S/C15H21F3N2O2/c1-3-10(13(4-2)14(19)21)9-20-11-5-7-12(8-6-11)22-15(16,17)18/h5-8,10,13,20H,3-4,9H2,1-2H3,(H2,19,21)/t10-,13?/m1/s1. The number of alkyl halides is 3. The Morgan fingerprint density at radius 1 is 1.23 bits per heavy atom. The third-order valence-electron chi connectivity index (χ3n) is 3.55. The first-order chi connectivity index (χ1) is 10.3. The fraction of sp³-hybridized carbons (Fsp3) is 0.533. The van der Waals surface area contributed by atoms with Crippen LogP contribution in [-0.4, -0.2) is 18.8 Å². The zero-order valence-electron chi connectivity index (χ0n) is 12.6. The number of hydrogen-bond donors (Lipinski definition) is 2. The van der Waals surface area contributed by atoms with E-state index in [-0.39, 0.29) is 23.5 Å². The maximum absolute atomic E-state index is 12.1. The lowest BCUT2D eigenvalue weighted by Gasteiger charge is -2.23. The molecule has 0 saturated carbocycles. The first-order valence-corrected chi connectivity index (χ1v) is 7.15. The summed E-state index contributed by atoms with van der Waals surface area (Å²) in [6.45, 7) is 4.40. The highest BCUT2D eigenvalue weighted by molar-refractivity contribution is 5.77.